The van der Waals surface area contributed by atoms with Gasteiger partial charge >= 0.3 is 7.12 Å². The van der Waals surface area contributed by atoms with E-state index in [1.165, 1.54) is 12.1 Å². The zero-order valence-corrected chi connectivity index (χ0v) is 10.8. The van der Waals surface area contributed by atoms with Gasteiger partial charge < -0.3 is 19.7 Å². The Balaban J connectivity index is 2.63. The average molecular weight is 255 g/mol. The highest BCUT2D eigenvalue weighted by atomic mass is 19.1. The molecule has 0 aromatic heterocycles. The molecule has 0 heterocycles. The summed E-state index contributed by atoms with van der Waals surface area (Å²) in [6.45, 7) is 7.02. The topological polar surface area (TPSA) is 52.9 Å². The maximum Gasteiger partial charge on any atom is 0.492 e. The van der Waals surface area contributed by atoms with Crippen LogP contribution in [-0.2, 0) is 0 Å². The Morgan fingerprint density at radius 3 is 2.50 bits per heavy atom. The molecule has 0 saturated heterocycles. The van der Waals surface area contributed by atoms with Crippen LogP contribution in [0.3, 0.4) is 0 Å². The van der Waals surface area contributed by atoms with Gasteiger partial charge in [-0.25, -0.2) is 4.39 Å². The Morgan fingerprint density at radius 2 is 1.94 bits per heavy atom. The minimum absolute atomic E-state index is 0.177. The lowest BCUT2D eigenvalue weighted by Crippen LogP contribution is -2.33. The fourth-order valence-corrected chi connectivity index (χ4v) is 1.67. The lowest BCUT2D eigenvalue weighted by molar-refractivity contribution is 0.223. The summed E-state index contributed by atoms with van der Waals surface area (Å²) >= 11 is 0. The van der Waals surface area contributed by atoms with Crippen molar-refractivity contribution in [2.24, 2.45) is 0 Å². The van der Waals surface area contributed by atoms with E-state index in [0.29, 0.717) is 13.2 Å². The van der Waals surface area contributed by atoms with Crippen molar-refractivity contribution in [2.75, 3.05) is 26.2 Å². The van der Waals surface area contributed by atoms with Gasteiger partial charge in [0.2, 0.25) is 0 Å². The van der Waals surface area contributed by atoms with Gasteiger partial charge in [-0.1, -0.05) is 19.9 Å². The van der Waals surface area contributed by atoms with Crippen molar-refractivity contribution in [1.29, 1.82) is 0 Å². The van der Waals surface area contributed by atoms with E-state index in [0.717, 1.165) is 19.2 Å². The second-order valence-corrected chi connectivity index (χ2v) is 3.93. The van der Waals surface area contributed by atoms with E-state index in [2.05, 4.69) is 18.7 Å². The van der Waals surface area contributed by atoms with Crippen LogP contribution in [0.5, 0.6) is 5.75 Å². The largest absolute Gasteiger partial charge is 0.493 e. The van der Waals surface area contributed by atoms with Crippen molar-refractivity contribution in [2.45, 2.75) is 13.8 Å². The van der Waals surface area contributed by atoms with Crippen LogP contribution in [0.2, 0.25) is 0 Å². The highest BCUT2D eigenvalue weighted by Gasteiger charge is 2.17. The summed E-state index contributed by atoms with van der Waals surface area (Å²) in [6, 6.07) is 3.65. The standard InChI is InChI=1S/C12H19BFNO3/c1-3-15(4-2)7-8-18-12-9-10(14)5-6-11(12)13(16)17/h5-6,9,16-17H,3-4,7-8H2,1-2H3. The van der Waals surface area contributed by atoms with Crippen LogP contribution < -0.4 is 10.2 Å². The molecule has 100 valence electrons. The van der Waals surface area contributed by atoms with Crippen molar-refractivity contribution < 1.29 is 19.2 Å². The Kier molecular flexibility index (Phi) is 6.11. The number of benzene rings is 1. The van der Waals surface area contributed by atoms with Crippen LogP contribution in [0.4, 0.5) is 4.39 Å². The fourth-order valence-electron chi connectivity index (χ4n) is 1.67. The maximum atomic E-state index is 13.1. The van der Waals surface area contributed by atoms with Crippen LogP contribution in [0.1, 0.15) is 13.8 Å². The van der Waals surface area contributed by atoms with E-state index >= 15 is 0 Å². The van der Waals surface area contributed by atoms with Gasteiger partial charge in [-0.2, -0.15) is 0 Å². The molecule has 2 N–H and O–H groups in total. The number of rotatable bonds is 7. The number of ether oxygens (including phenoxy) is 1. The van der Waals surface area contributed by atoms with E-state index in [1.807, 2.05) is 0 Å². The number of likely N-dealkylation sites (N-methyl/N-ethyl adjacent to an activating group) is 1. The number of hydrogen-bond acceptors (Lipinski definition) is 4. The van der Waals surface area contributed by atoms with Gasteiger partial charge in [0.25, 0.3) is 0 Å². The Hall–Kier alpha value is -1.11. The summed E-state index contributed by atoms with van der Waals surface area (Å²) in [4.78, 5) is 2.16. The van der Waals surface area contributed by atoms with Crippen LogP contribution in [-0.4, -0.2) is 48.3 Å². The van der Waals surface area contributed by atoms with E-state index in [1.54, 1.807) is 0 Å². The molecule has 0 bridgehead atoms. The molecule has 0 saturated carbocycles. The summed E-state index contributed by atoms with van der Waals surface area (Å²) < 4.78 is 18.5. The van der Waals surface area contributed by atoms with Crippen molar-refractivity contribution >= 4 is 12.6 Å². The maximum absolute atomic E-state index is 13.1. The molecule has 6 heteroatoms. The van der Waals surface area contributed by atoms with E-state index in [9.17, 15) is 4.39 Å². The molecule has 0 radical (unpaired) electrons. The van der Waals surface area contributed by atoms with Crippen molar-refractivity contribution in [1.82, 2.24) is 4.90 Å². The van der Waals surface area contributed by atoms with Crippen LogP contribution >= 0.6 is 0 Å². The SMILES string of the molecule is CCN(CC)CCOc1cc(F)ccc1B(O)O. The third-order valence-corrected chi connectivity index (χ3v) is 2.81. The molecule has 4 nitrogen and oxygen atoms in total. The first kappa shape index (κ1) is 15.0. The highest BCUT2D eigenvalue weighted by Crippen LogP contribution is 2.10. The Bertz CT molecular complexity index is 372. The lowest BCUT2D eigenvalue weighted by Gasteiger charge is -2.19. The van der Waals surface area contributed by atoms with Crippen molar-refractivity contribution in [3.63, 3.8) is 0 Å². The zero-order chi connectivity index (χ0) is 13.5. The predicted molar refractivity (Wildman–Crippen MR) is 69.5 cm³/mol. The van der Waals surface area contributed by atoms with Crippen molar-refractivity contribution in [3.8, 4) is 5.75 Å². The molecule has 1 aromatic carbocycles. The minimum atomic E-state index is -1.66. The quantitative estimate of drug-likeness (QED) is 0.685. The number of nitrogens with zero attached hydrogens (tertiary/aromatic N) is 1. The van der Waals surface area contributed by atoms with Gasteiger partial charge in [-0.3, -0.25) is 0 Å². The molecule has 1 aromatic rings. The fraction of sp³-hybridized carbons (Fsp3) is 0.500. The Labute approximate surface area is 107 Å². The minimum Gasteiger partial charge on any atom is -0.493 e. The average Bonchev–Trinajstić information content (AvgIpc) is 2.34. The molecule has 0 unspecified atom stereocenters. The van der Waals surface area contributed by atoms with E-state index in [4.69, 9.17) is 14.8 Å². The molecule has 0 amide bonds. The van der Waals surface area contributed by atoms with Gasteiger partial charge in [-0.05, 0) is 19.2 Å². The third-order valence-electron chi connectivity index (χ3n) is 2.81. The van der Waals surface area contributed by atoms with Crippen LogP contribution in [0.25, 0.3) is 0 Å². The van der Waals surface area contributed by atoms with Crippen molar-refractivity contribution in [3.05, 3.63) is 24.0 Å². The first-order chi connectivity index (χ1) is 8.58. The molecular formula is C12H19BFNO3. The molecule has 0 aliphatic carbocycles. The summed E-state index contributed by atoms with van der Waals surface area (Å²) in [5, 5.41) is 18.3. The summed E-state index contributed by atoms with van der Waals surface area (Å²) in [5.41, 5.74) is 0.177. The highest BCUT2D eigenvalue weighted by molar-refractivity contribution is 6.59. The molecule has 0 atom stereocenters. The lowest BCUT2D eigenvalue weighted by atomic mass is 9.79. The monoisotopic (exact) mass is 255 g/mol. The normalized spacial score (nSPS) is 10.8. The number of halogens is 1. The molecule has 0 aliphatic rings. The first-order valence-electron chi connectivity index (χ1n) is 6.09. The second-order valence-electron chi connectivity index (χ2n) is 3.93. The van der Waals surface area contributed by atoms with E-state index < -0.39 is 12.9 Å². The van der Waals surface area contributed by atoms with Gasteiger partial charge in [0.15, 0.2) is 0 Å². The summed E-state index contributed by atoms with van der Waals surface area (Å²) in [5.74, 6) is -0.283. The molecule has 1 rings (SSSR count). The second kappa shape index (κ2) is 7.36. The Morgan fingerprint density at radius 1 is 1.28 bits per heavy atom. The summed E-state index contributed by atoms with van der Waals surface area (Å²) in [6.07, 6.45) is 0. The third kappa shape index (κ3) is 4.29. The van der Waals surface area contributed by atoms with Crippen LogP contribution in [0.15, 0.2) is 18.2 Å². The van der Waals surface area contributed by atoms with Gasteiger partial charge in [0.1, 0.15) is 18.2 Å². The van der Waals surface area contributed by atoms with E-state index in [-0.39, 0.29) is 11.2 Å². The molecule has 0 spiro atoms. The van der Waals surface area contributed by atoms with Gasteiger partial charge in [-0.15, -0.1) is 0 Å². The molecule has 0 aliphatic heterocycles. The molecule has 0 fully saturated rings. The van der Waals surface area contributed by atoms with Gasteiger partial charge in [0, 0.05) is 18.1 Å². The molecule has 18 heavy (non-hydrogen) atoms. The summed E-state index contributed by atoms with van der Waals surface area (Å²) in [7, 11) is -1.66. The smallest absolute Gasteiger partial charge is 0.492 e. The van der Waals surface area contributed by atoms with Crippen LogP contribution in [0, 0.1) is 5.82 Å². The van der Waals surface area contributed by atoms with Gasteiger partial charge in [0.05, 0.1) is 0 Å². The predicted octanol–water partition coefficient (Wildman–Crippen LogP) is 0.226. The zero-order valence-electron chi connectivity index (χ0n) is 10.8. The molecular weight excluding hydrogens is 236 g/mol. The first-order valence-corrected chi connectivity index (χ1v) is 6.09. The number of hydrogen-bond donors (Lipinski definition) is 2.